The number of anilines is 2. The molecular weight excluding hydrogens is 376 g/mol. The highest BCUT2D eigenvalue weighted by molar-refractivity contribution is 6.31. The summed E-state index contributed by atoms with van der Waals surface area (Å²) in [6, 6.07) is 7.76. The second-order valence-electron chi connectivity index (χ2n) is 6.90. The maximum Gasteiger partial charge on any atom is 0.158 e. The monoisotopic (exact) mass is 398 g/mol. The number of halogens is 1. The van der Waals surface area contributed by atoms with Crippen LogP contribution in [0.2, 0.25) is 5.02 Å². The van der Waals surface area contributed by atoms with Gasteiger partial charge < -0.3 is 20.7 Å². The van der Waals surface area contributed by atoms with Gasteiger partial charge in [-0.2, -0.15) is 5.10 Å². The van der Waals surface area contributed by atoms with Crippen LogP contribution in [-0.2, 0) is 4.74 Å². The fraction of sp³-hybridized carbons (Fsp3) is 0.350. The summed E-state index contributed by atoms with van der Waals surface area (Å²) >= 11 is 6.25. The molecule has 146 valence electrons. The van der Waals surface area contributed by atoms with Crippen molar-refractivity contribution in [2.45, 2.75) is 20.0 Å². The highest BCUT2D eigenvalue weighted by Crippen LogP contribution is 2.29. The zero-order valence-electron chi connectivity index (χ0n) is 15.9. The van der Waals surface area contributed by atoms with E-state index in [9.17, 15) is 0 Å². The van der Waals surface area contributed by atoms with E-state index in [0.29, 0.717) is 24.1 Å². The molecule has 0 aliphatic carbocycles. The van der Waals surface area contributed by atoms with E-state index in [1.165, 1.54) is 0 Å². The second kappa shape index (κ2) is 7.87. The number of hydrogen-bond acceptors (Lipinski definition) is 7. The van der Waals surface area contributed by atoms with Gasteiger partial charge >= 0.3 is 0 Å². The van der Waals surface area contributed by atoms with Crippen molar-refractivity contribution < 1.29 is 4.74 Å². The summed E-state index contributed by atoms with van der Waals surface area (Å²) < 4.78 is 5.44. The zero-order chi connectivity index (χ0) is 19.7. The molecule has 2 aromatic heterocycles. The lowest BCUT2D eigenvalue weighted by Crippen LogP contribution is -2.36. The molecule has 0 saturated carbocycles. The quantitative estimate of drug-likeness (QED) is 0.652. The number of benzene rings is 1. The van der Waals surface area contributed by atoms with Crippen LogP contribution in [0.15, 0.2) is 30.5 Å². The van der Waals surface area contributed by atoms with Crippen molar-refractivity contribution in [3.05, 3.63) is 52.3 Å². The van der Waals surface area contributed by atoms with Crippen LogP contribution in [-0.4, -0.2) is 41.5 Å². The molecule has 0 bridgehead atoms. The molecule has 1 aromatic carbocycles. The van der Waals surface area contributed by atoms with E-state index in [0.717, 1.165) is 46.5 Å². The number of aryl methyl sites for hydroxylation is 1. The van der Waals surface area contributed by atoms with Gasteiger partial charge in [-0.25, -0.2) is 4.98 Å². The van der Waals surface area contributed by atoms with Gasteiger partial charge in [-0.15, -0.1) is 5.10 Å². The van der Waals surface area contributed by atoms with Gasteiger partial charge in [0, 0.05) is 35.1 Å². The molecular formula is C20H23ClN6O. The van der Waals surface area contributed by atoms with E-state index in [-0.39, 0.29) is 0 Å². The van der Waals surface area contributed by atoms with Crippen LogP contribution in [0.1, 0.15) is 23.0 Å². The Kier molecular flexibility index (Phi) is 5.30. The van der Waals surface area contributed by atoms with E-state index in [4.69, 9.17) is 22.1 Å². The van der Waals surface area contributed by atoms with Crippen LogP contribution < -0.4 is 16.0 Å². The Morgan fingerprint density at radius 3 is 2.75 bits per heavy atom. The highest BCUT2D eigenvalue weighted by atomic mass is 35.5. The number of nitrogens with two attached hydrogens (primary N) is 1. The number of hydrogen-bond donors (Lipinski definition) is 2. The number of aromatic nitrogens is 3. The summed E-state index contributed by atoms with van der Waals surface area (Å²) in [5, 5.41) is 14.5. The molecule has 1 fully saturated rings. The number of nitrogens with one attached hydrogen (secondary N) is 1. The van der Waals surface area contributed by atoms with E-state index >= 15 is 0 Å². The van der Waals surface area contributed by atoms with Crippen molar-refractivity contribution in [3.63, 3.8) is 0 Å². The Balaban J connectivity index is 1.71. The lowest BCUT2D eigenvalue weighted by atomic mass is 10.1. The fourth-order valence-corrected chi connectivity index (χ4v) is 3.60. The molecule has 0 amide bonds. The number of ether oxygens (including phenoxy) is 1. The Morgan fingerprint density at radius 2 is 1.96 bits per heavy atom. The minimum Gasteiger partial charge on any atom is -0.378 e. The normalized spacial score (nSPS) is 15.6. The van der Waals surface area contributed by atoms with Crippen LogP contribution in [0.4, 0.5) is 11.6 Å². The van der Waals surface area contributed by atoms with Crippen LogP contribution in [0.3, 0.4) is 0 Å². The predicted octanol–water partition coefficient (Wildman–Crippen LogP) is 3.20. The van der Waals surface area contributed by atoms with E-state index in [1.807, 2.05) is 44.3 Å². The van der Waals surface area contributed by atoms with E-state index in [2.05, 4.69) is 25.4 Å². The van der Waals surface area contributed by atoms with Gasteiger partial charge in [0.25, 0.3) is 0 Å². The molecule has 4 rings (SSSR count). The topological polar surface area (TPSA) is 89.2 Å². The van der Waals surface area contributed by atoms with Gasteiger partial charge in [-0.3, -0.25) is 0 Å². The van der Waals surface area contributed by atoms with Crippen LogP contribution in [0.5, 0.6) is 0 Å². The van der Waals surface area contributed by atoms with E-state index in [1.54, 1.807) is 0 Å². The Bertz CT molecular complexity index is 1010. The number of rotatable bonds is 4. The lowest BCUT2D eigenvalue weighted by molar-refractivity contribution is 0.122. The van der Waals surface area contributed by atoms with Crippen LogP contribution in [0.25, 0.3) is 10.8 Å². The third-order valence-corrected chi connectivity index (χ3v) is 5.52. The third kappa shape index (κ3) is 3.61. The van der Waals surface area contributed by atoms with Crippen molar-refractivity contribution in [1.29, 1.82) is 0 Å². The lowest BCUT2D eigenvalue weighted by Gasteiger charge is -2.28. The number of fused-ring (bicyclic) bond motifs is 1. The van der Waals surface area contributed by atoms with Crippen LogP contribution >= 0.6 is 11.6 Å². The molecule has 1 aliphatic rings. The highest BCUT2D eigenvalue weighted by Gasteiger charge is 2.17. The molecule has 3 heterocycles. The van der Waals surface area contributed by atoms with Gasteiger partial charge in [0.1, 0.15) is 12.0 Å². The molecule has 0 spiro atoms. The van der Waals surface area contributed by atoms with Gasteiger partial charge in [-0.1, -0.05) is 23.7 Å². The Labute approximate surface area is 168 Å². The summed E-state index contributed by atoms with van der Waals surface area (Å²) in [5.41, 5.74) is 9.12. The Morgan fingerprint density at radius 1 is 1.18 bits per heavy atom. The number of pyridine rings is 1. The molecule has 7 nitrogen and oxygen atoms in total. The van der Waals surface area contributed by atoms with Crippen molar-refractivity contribution in [2.75, 3.05) is 36.5 Å². The summed E-state index contributed by atoms with van der Waals surface area (Å²) in [6.45, 7) is 6.93. The SMILES string of the molecule is Cc1c(Cl)cccc1[C@@H](N)Nc1nnc(C)c2cnc(N3CCOCC3)cc12. The molecule has 0 radical (unpaired) electrons. The third-order valence-electron chi connectivity index (χ3n) is 5.11. The van der Waals surface area contributed by atoms with Crippen LogP contribution in [0, 0.1) is 13.8 Å². The van der Waals surface area contributed by atoms with Gasteiger partial charge in [0.15, 0.2) is 5.82 Å². The largest absolute Gasteiger partial charge is 0.378 e. The summed E-state index contributed by atoms with van der Waals surface area (Å²) in [4.78, 5) is 6.83. The van der Waals surface area contributed by atoms with Gasteiger partial charge in [0.2, 0.25) is 0 Å². The molecule has 8 heteroatoms. The molecule has 1 aliphatic heterocycles. The van der Waals surface area contributed by atoms with Crippen molar-refractivity contribution in [3.8, 4) is 0 Å². The maximum atomic E-state index is 6.43. The fourth-order valence-electron chi connectivity index (χ4n) is 3.42. The molecule has 3 N–H and O–H groups in total. The second-order valence-corrected chi connectivity index (χ2v) is 7.30. The molecule has 0 unspecified atom stereocenters. The van der Waals surface area contributed by atoms with Crippen molar-refractivity contribution in [2.24, 2.45) is 5.73 Å². The van der Waals surface area contributed by atoms with Gasteiger partial charge in [-0.05, 0) is 37.1 Å². The van der Waals surface area contributed by atoms with Gasteiger partial charge in [0.05, 0.1) is 18.9 Å². The summed E-state index contributed by atoms with van der Waals surface area (Å²) in [7, 11) is 0. The average Bonchev–Trinajstić information content (AvgIpc) is 2.72. The Hall–Kier alpha value is -2.48. The first-order chi connectivity index (χ1) is 13.5. The zero-order valence-corrected chi connectivity index (χ0v) is 16.7. The molecule has 1 atom stereocenters. The first-order valence-electron chi connectivity index (χ1n) is 9.27. The summed E-state index contributed by atoms with van der Waals surface area (Å²) in [5.74, 6) is 1.53. The minimum absolute atomic E-state index is 0.459. The molecule has 3 aromatic rings. The van der Waals surface area contributed by atoms with E-state index < -0.39 is 6.17 Å². The molecule has 28 heavy (non-hydrogen) atoms. The first-order valence-corrected chi connectivity index (χ1v) is 9.65. The average molecular weight is 399 g/mol. The van der Waals surface area contributed by atoms with Crippen molar-refractivity contribution in [1.82, 2.24) is 15.2 Å². The smallest absolute Gasteiger partial charge is 0.158 e. The first kappa shape index (κ1) is 18.9. The minimum atomic E-state index is -0.459. The molecule has 1 saturated heterocycles. The van der Waals surface area contributed by atoms with Crippen molar-refractivity contribution >= 4 is 34.0 Å². The standard InChI is InChI=1S/C20H23ClN6O/c1-12-14(4-3-5-17(12)21)19(22)24-20-15-10-18(27-6-8-28-9-7-27)23-11-16(15)13(2)25-26-20/h3-5,10-11,19H,6-9,22H2,1-2H3,(H,24,26)/t19-/m0/s1. The maximum absolute atomic E-state index is 6.43. The predicted molar refractivity (Wildman–Crippen MR) is 112 cm³/mol. The summed E-state index contributed by atoms with van der Waals surface area (Å²) in [6.07, 6.45) is 1.39. The number of morpholine rings is 1. The number of nitrogens with zero attached hydrogens (tertiary/aromatic N) is 4.